The van der Waals surface area contributed by atoms with Crippen molar-refractivity contribution < 1.29 is 26.7 Å². The molecule has 0 unspecified atom stereocenters. The fourth-order valence-electron chi connectivity index (χ4n) is 3.29. The zero-order valence-electron chi connectivity index (χ0n) is 14.6. The van der Waals surface area contributed by atoms with Crippen LogP contribution in [0.1, 0.15) is 41.7 Å². The van der Waals surface area contributed by atoms with Gasteiger partial charge in [0.1, 0.15) is 5.71 Å². The SMILES string of the molecule is N=C1C(=Nc2nc(-c3cnn(C(F)F)c3)c3c(c2F)CNC3=O)CCCC1(F)F. The number of hydrogen-bond donors (Lipinski definition) is 2. The number of pyridine rings is 1. The first-order valence-corrected chi connectivity index (χ1v) is 8.57. The quantitative estimate of drug-likeness (QED) is 0.754. The molecule has 2 N–H and O–H groups in total. The first-order valence-electron chi connectivity index (χ1n) is 8.57. The van der Waals surface area contributed by atoms with E-state index < -0.39 is 42.1 Å². The zero-order chi connectivity index (χ0) is 20.9. The molecule has 1 fully saturated rings. The Balaban J connectivity index is 1.87. The molecule has 2 aliphatic rings. The summed E-state index contributed by atoms with van der Waals surface area (Å²) in [4.78, 5) is 19.9. The van der Waals surface area contributed by atoms with E-state index in [2.05, 4.69) is 20.4 Å². The van der Waals surface area contributed by atoms with E-state index >= 15 is 0 Å². The van der Waals surface area contributed by atoms with E-state index in [4.69, 9.17) is 5.41 Å². The molecule has 2 aromatic rings. The largest absolute Gasteiger partial charge is 0.348 e. The molecular formula is C17H13F5N6O. The lowest BCUT2D eigenvalue weighted by atomic mass is 9.92. The molecule has 0 radical (unpaired) electrons. The van der Waals surface area contributed by atoms with Crippen molar-refractivity contribution in [2.75, 3.05) is 0 Å². The number of nitrogens with one attached hydrogen (secondary N) is 2. The van der Waals surface area contributed by atoms with Crippen LogP contribution in [0, 0.1) is 11.2 Å². The molecule has 1 amide bonds. The monoisotopic (exact) mass is 412 g/mol. The van der Waals surface area contributed by atoms with Crippen LogP contribution in [-0.4, -0.2) is 38.0 Å². The highest BCUT2D eigenvalue weighted by Gasteiger charge is 2.41. The number of amides is 1. The van der Waals surface area contributed by atoms with Gasteiger partial charge < -0.3 is 5.32 Å². The summed E-state index contributed by atoms with van der Waals surface area (Å²) >= 11 is 0. The molecule has 0 bridgehead atoms. The van der Waals surface area contributed by atoms with Crippen LogP contribution in [0.15, 0.2) is 17.4 Å². The van der Waals surface area contributed by atoms with Crippen molar-refractivity contribution in [1.29, 1.82) is 5.41 Å². The molecule has 7 nitrogen and oxygen atoms in total. The van der Waals surface area contributed by atoms with Gasteiger partial charge in [-0.25, -0.2) is 19.0 Å². The maximum atomic E-state index is 14.9. The number of nitrogens with zero attached hydrogens (tertiary/aromatic N) is 4. The van der Waals surface area contributed by atoms with Gasteiger partial charge in [-0.05, 0) is 12.8 Å². The van der Waals surface area contributed by atoms with Crippen molar-refractivity contribution >= 4 is 23.1 Å². The Bertz CT molecular complexity index is 1060. The Morgan fingerprint density at radius 2 is 2.10 bits per heavy atom. The van der Waals surface area contributed by atoms with Gasteiger partial charge in [-0.2, -0.15) is 22.7 Å². The third kappa shape index (κ3) is 3.17. The fourth-order valence-corrected chi connectivity index (χ4v) is 3.29. The molecule has 4 rings (SSSR count). The van der Waals surface area contributed by atoms with Crippen LogP contribution >= 0.6 is 0 Å². The van der Waals surface area contributed by atoms with Crippen LogP contribution in [-0.2, 0) is 6.54 Å². The smallest absolute Gasteiger partial charge is 0.333 e. The number of alkyl halides is 4. The number of fused-ring (bicyclic) bond motifs is 1. The second-order valence-corrected chi connectivity index (χ2v) is 6.61. The topological polar surface area (TPSA) is 96.0 Å². The summed E-state index contributed by atoms with van der Waals surface area (Å²) in [5.41, 5.74) is -1.69. The first-order chi connectivity index (χ1) is 13.7. The predicted molar refractivity (Wildman–Crippen MR) is 91.5 cm³/mol. The Kier molecular flexibility index (Phi) is 4.43. The number of halogens is 5. The zero-order valence-corrected chi connectivity index (χ0v) is 14.6. The molecule has 0 saturated heterocycles. The maximum absolute atomic E-state index is 14.9. The minimum absolute atomic E-state index is 0.0177. The third-order valence-electron chi connectivity index (χ3n) is 4.74. The van der Waals surface area contributed by atoms with Gasteiger partial charge in [-0.1, -0.05) is 0 Å². The van der Waals surface area contributed by atoms with Crippen molar-refractivity contribution in [3.8, 4) is 11.3 Å². The Labute approximate surface area is 160 Å². The molecule has 12 heteroatoms. The Hall–Kier alpha value is -3.18. The molecule has 0 spiro atoms. The van der Waals surface area contributed by atoms with Crippen LogP contribution in [0.4, 0.5) is 27.8 Å². The number of carbonyl (C=O) groups excluding carboxylic acids is 1. The van der Waals surface area contributed by atoms with E-state index in [9.17, 15) is 26.7 Å². The Morgan fingerprint density at radius 1 is 1.34 bits per heavy atom. The van der Waals surface area contributed by atoms with Gasteiger partial charge in [0.05, 0.1) is 23.2 Å². The predicted octanol–water partition coefficient (Wildman–Crippen LogP) is 3.63. The lowest BCUT2D eigenvalue weighted by molar-refractivity contribution is 0.0566. The van der Waals surface area contributed by atoms with Gasteiger partial charge in [-0.3, -0.25) is 10.2 Å². The fraction of sp³-hybridized carbons (Fsp3) is 0.353. The normalized spacial score (nSPS) is 19.7. The number of hydrogen-bond acceptors (Lipinski definition) is 5. The summed E-state index contributed by atoms with van der Waals surface area (Å²) in [5.74, 6) is -5.60. The van der Waals surface area contributed by atoms with Crippen molar-refractivity contribution in [1.82, 2.24) is 20.1 Å². The highest BCUT2D eigenvalue weighted by atomic mass is 19.3. The summed E-state index contributed by atoms with van der Waals surface area (Å²) in [6.07, 6.45) is 1.58. The molecular weight excluding hydrogens is 399 g/mol. The minimum Gasteiger partial charge on any atom is -0.348 e. The highest BCUT2D eigenvalue weighted by Crippen LogP contribution is 2.35. The van der Waals surface area contributed by atoms with Crippen molar-refractivity contribution in [2.45, 2.75) is 38.3 Å². The Morgan fingerprint density at radius 3 is 2.79 bits per heavy atom. The second-order valence-electron chi connectivity index (χ2n) is 6.61. The van der Waals surface area contributed by atoms with Gasteiger partial charge in [0, 0.05) is 30.3 Å². The van der Waals surface area contributed by atoms with Crippen molar-refractivity contribution in [3.63, 3.8) is 0 Å². The average Bonchev–Trinajstić information content (AvgIpc) is 3.29. The molecule has 0 aromatic carbocycles. The number of aliphatic imine (C=N–C) groups is 1. The summed E-state index contributed by atoms with van der Waals surface area (Å²) in [6, 6.07) is 0. The molecule has 1 aliphatic heterocycles. The van der Waals surface area contributed by atoms with E-state index in [-0.39, 0.29) is 47.5 Å². The van der Waals surface area contributed by atoms with Crippen LogP contribution in [0.2, 0.25) is 0 Å². The van der Waals surface area contributed by atoms with Crippen LogP contribution in [0.3, 0.4) is 0 Å². The van der Waals surface area contributed by atoms with Gasteiger partial charge in [-0.15, -0.1) is 0 Å². The van der Waals surface area contributed by atoms with E-state index in [0.717, 1.165) is 12.4 Å². The van der Waals surface area contributed by atoms with Crippen LogP contribution in [0.5, 0.6) is 0 Å². The molecule has 1 aliphatic carbocycles. The van der Waals surface area contributed by atoms with Crippen molar-refractivity contribution in [3.05, 3.63) is 29.3 Å². The maximum Gasteiger partial charge on any atom is 0.333 e. The van der Waals surface area contributed by atoms with E-state index in [0.29, 0.717) is 4.68 Å². The summed E-state index contributed by atoms with van der Waals surface area (Å²) in [7, 11) is 0. The second kappa shape index (κ2) is 6.71. The number of rotatable bonds is 3. The van der Waals surface area contributed by atoms with Crippen LogP contribution in [0.25, 0.3) is 11.3 Å². The average molecular weight is 412 g/mol. The molecule has 0 atom stereocenters. The van der Waals surface area contributed by atoms with Gasteiger partial charge in [0.25, 0.3) is 11.8 Å². The van der Waals surface area contributed by atoms with E-state index in [1.165, 1.54) is 0 Å². The third-order valence-corrected chi connectivity index (χ3v) is 4.74. The van der Waals surface area contributed by atoms with Gasteiger partial charge in [0.15, 0.2) is 11.6 Å². The number of carbonyl (C=O) groups is 1. The molecule has 2 aromatic heterocycles. The molecule has 3 heterocycles. The van der Waals surface area contributed by atoms with Crippen molar-refractivity contribution in [2.24, 2.45) is 4.99 Å². The summed E-state index contributed by atoms with van der Waals surface area (Å²) in [5, 5.41) is 13.5. The lowest BCUT2D eigenvalue weighted by Gasteiger charge is -2.23. The molecule has 29 heavy (non-hydrogen) atoms. The van der Waals surface area contributed by atoms with Gasteiger partial charge >= 0.3 is 6.55 Å². The lowest BCUT2D eigenvalue weighted by Crippen LogP contribution is -2.38. The first kappa shape index (κ1) is 19.2. The summed E-state index contributed by atoms with van der Waals surface area (Å²) < 4.78 is 68.5. The van der Waals surface area contributed by atoms with E-state index in [1.54, 1.807) is 0 Å². The summed E-state index contributed by atoms with van der Waals surface area (Å²) in [6.45, 7) is -3.13. The van der Waals surface area contributed by atoms with Gasteiger partial charge in [0.2, 0.25) is 0 Å². The highest BCUT2D eigenvalue weighted by molar-refractivity contribution is 6.44. The van der Waals surface area contributed by atoms with E-state index in [1.807, 2.05) is 0 Å². The molecule has 152 valence electrons. The number of aromatic nitrogens is 3. The standard InChI is InChI=1S/C17H13F5N6O/c18-11-8-5-24-15(29)10(8)12(7-4-25-28(6-7)16(19)20)27-14(11)26-9-2-1-3-17(21,22)13(9)23/h4,6,16,23H,1-3,5H2,(H,24,29). The minimum atomic E-state index is -3.37. The molecule has 1 saturated carbocycles. The van der Waals surface area contributed by atoms with Crippen LogP contribution < -0.4 is 5.32 Å².